The van der Waals surface area contributed by atoms with Crippen LogP contribution in [0.1, 0.15) is 93.9 Å². The number of carbonyl (C=O) groups is 5. The van der Waals surface area contributed by atoms with Crippen LogP contribution in [0.4, 0.5) is 4.79 Å². The molecule has 2 aliphatic carbocycles. The summed E-state index contributed by atoms with van der Waals surface area (Å²) in [6, 6.07) is 3.31. The van der Waals surface area contributed by atoms with Gasteiger partial charge in [0, 0.05) is 12.5 Å². The Balaban J connectivity index is 1.46. The van der Waals surface area contributed by atoms with Gasteiger partial charge in [-0.05, 0) is 69.9 Å². The number of nitrogens with one attached hydrogen (secondary N) is 2. The van der Waals surface area contributed by atoms with Crippen LogP contribution in [0.3, 0.4) is 0 Å². The maximum Gasteiger partial charge on any atom is 0.408 e. The second-order valence-corrected chi connectivity index (χ2v) is 16.3. The number of nitrogens with zero attached hydrogens (tertiary/aromatic N) is 2. The van der Waals surface area contributed by atoms with Crippen molar-refractivity contribution in [3.05, 3.63) is 48.0 Å². The maximum atomic E-state index is 14.5. The lowest BCUT2D eigenvalue weighted by Gasteiger charge is -2.36. The van der Waals surface area contributed by atoms with Crippen molar-refractivity contribution in [2.45, 2.75) is 103 Å². The lowest BCUT2D eigenvalue weighted by atomic mass is 9.85. The van der Waals surface area contributed by atoms with Gasteiger partial charge in [-0.15, -0.1) is 6.58 Å². The molecule has 1 aromatic carbocycles. The average molecular weight is 687 g/mol. The Morgan fingerprint density at radius 1 is 1.06 bits per heavy atom. The predicted octanol–water partition coefficient (Wildman–Crippen LogP) is 4.62. The number of rotatable bonds is 12. The maximum absolute atomic E-state index is 14.5. The molecular formula is C34H47N4O9P. The summed E-state index contributed by atoms with van der Waals surface area (Å²) in [4.78, 5) is 71.2. The predicted molar refractivity (Wildman–Crippen MR) is 176 cm³/mol. The molecule has 262 valence electrons. The summed E-state index contributed by atoms with van der Waals surface area (Å²) in [5, 5.41) is 4.25. The minimum atomic E-state index is -3.89. The van der Waals surface area contributed by atoms with Gasteiger partial charge in [0.15, 0.2) is 0 Å². The Bertz CT molecular complexity index is 1470. The van der Waals surface area contributed by atoms with E-state index in [1.165, 1.54) is 4.90 Å². The van der Waals surface area contributed by atoms with E-state index in [0.29, 0.717) is 0 Å². The monoisotopic (exact) mass is 686 g/mol. The molecule has 0 radical (unpaired) electrons. The number of carbonyl (C=O) groups excluding carboxylic acids is 5. The van der Waals surface area contributed by atoms with Gasteiger partial charge in [0.1, 0.15) is 23.5 Å². The number of imide groups is 1. The van der Waals surface area contributed by atoms with Crippen LogP contribution in [-0.4, -0.2) is 88.8 Å². The van der Waals surface area contributed by atoms with Gasteiger partial charge in [0.2, 0.25) is 11.8 Å². The van der Waals surface area contributed by atoms with E-state index in [1.54, 1.807) is 65.0 Å². The molecule has 5 amide bonds. The number of likely N-dealkylation sites (tertiary alicyclic amines) is 1. The molecule has 2 N–H and O–H groups in total. The molecule has 2 heterocycles. The Morgan fingerprint density at radius 3 is 2.15 bits per heavy atom. The molecule has 0 bridgehead atoms. The fourth-order valence-electron chi connectivity index (χ4n) is 7.14. The smallest absolute Gasteiger partial charge is 0.408 e. The van der Waals surface area contributed by atoms with Crippen LogP contribution >= 0.6 is 7.60 Å². The van der Waals surface area contributed by atoms with E-state index in [-0.39, 0.29) is 49.8 Å². The SMILES string of the molecule is C=CC1CC1(NC(=O)[C@@H]1C[C@@H](N2C(=O)c3ccccc3C2=O)CN1C(=O)[C@@H](NC(=O)OC1CCCC1)C(C)(C)C)P(=O)(OCC)OCC. The van der Waals surface area contributed by atoms with E-state index in [2.05, 4.69) is 17.2 Å². The summed E-state index contributed by atoms with van der Waals surface area (Å²) >= 11 is 0. The van der Waals surface area contributed by atoms with E-state index >= 15 is 0 Å². The van der Waals surface area contributed by atoms with Crippen molar-refractivity contribution in [3.8, 4) is 0 Å². The molecule has 0 aromatic heterocycles. The molecule has 1 aromatic rings. The first-order valence-electron chi connectivity index (χ1n) is 16.8. The standard InChI is InChI=1S/C34H47N4O9P/c1-7-21-19-34(21,48(44,45-8-2)46-9-3)36-28(39)26-18-22(38-29(40)24-16-12-13-17-25(24)30(38)41)20-37(26)31(42)27(33(4,5)6)35-32(43)47-23-14-10-11-15-23/h7,12-13,16-17,21-23,26-27H,1,8-11,14-15,18-20H2,2-6H3,(H,35,43)(H,36,39)/t21?,22-,26+,27-,34?/m1/s1. The highest BCUT2D eigenvalue weighted by atomic mass is 31.2. The quantitative estimate of drug-likeness (QED) is 0.182. The van der Waals surface area contributed by atoms with Gasteiger partial charge in [0.25, 0.3) is 11.8 Å². The number of alkyl carbamates (subject to hydrolysis) is 1. The van der Waals surface area contributed by atoms with Crippen LogP contribution in [-0.2, 0) is 27.9 Å². The van der Waals surface area contributed by atoms with Crippen molar-refractivity contribution in [3.63, 3.8) is 0 Å². The summed E-state index contributed by atoms with van der Waals surface area (Å²) in [6.45, 7) is 12.5. The van der Waals surface area contributed by atoms with Crippen LogP contribution < -0.4 is 10.6 Å². The van der Waals surface area contributed by atoms with Crippen molar-refractivity contribution >= 4 is 37.3 Å². The lowest BCUT2D eigenvalue weighted by Crippen LogP contribution is -2.58. The van der Waals surface area contributed by atoms with Crippen LogP contribution in [0.2, 0.25) is 0 Å². The van der Waals surface area contributed by atoms with Crippen LogP contribution in [0, 0.1) is 11.3 Å². The van der Waals surface area contributed by atoms with E-state index in [4.69, 9.17) is 13.8 Å². The second-order valence-electron chi connectivity index (χ2n) is 14.0. The first-order valence-corrected chi connectivity index (χ1v) is 18.3. The van der Waals surface area contributed by atoms with Gasteiger partial charge in [-0.3, -0.25) is 28.6 Å². The first kappa shape index (κ1) is 35.8. The molecule has 4 aliphatic rings. The number of hydrogen-bond acceptors (Lipinski definition) is 9. The molecule has 13 nitrogen and oxygen atoms in total. The second kappa shape index (κ2) is 13.8. The summed E-state index contributed by atoms with van der Waals surface area (Å²) in [7, 11) is -3.89. The molecule has 5 atom stereocenters. The normalized spacial score (nSPS) is 26.3. The minimum Gasteiger partial charge on any atom is -0.446 e. The third-order valence-electron chi connectivity index (χ3n) is 9.70. The molecule has 0 spiro atoms. The Labute approximate surface area is 281 Å². The molecule has 3 fully saturated rings. The van der Waals surface area contributed by atoms with Crippen LogP contribution in [0.15, 0.2) is 36.9 Å². The van der Waals surface area contributed by atoms with Gasteiger partial charge in [-0.1, -0.05) is 39.0 Å². The van der Waals surface area contributed by atoms with E-state index < -0.39 is 72.1 Å². The molecule has 5 rings (SSSR count). The summed E-state index contributed by atoms with van der Waals surface area (Å²) in [5.41, 5.74) is -0.319. The van der Waals surface area contributed by atoms with Gasteiger partial charge in [0.05, 0.1) is 30.4 Å². The zero-order valence-corrected chi connectivity index (χ0v) is 29.3. The van der Waals surface area contributed by atoms with E-state index in [9.17, 15) is 28.5 Å². The van der Waals surface area contributed by atoms with Gasteiger partial charge in [-0.25, -0.2) is 4.79 Å². The number of fused-ring (bicyclic) bond motifs is 1. The topological polar surface area (TPSA) is 161 Å². The highest BCUT2D eigenvalue weighted by molar-refractivity contribution is 7.56. The summed E-state index contributed by atoms with van der Waals surface area (Å²) < 4.78 is 31.0. The number of hydrogen-bond donors (Lipinski definition) is 2. The van der Waals surface area contributed by atoms with Gasteiger partial charge < -0.3 is 29.3 Å². The van der Waals surface area contributed by atoms with E-state index in [1.807, 2.05) is 0 Å². The Kier molecular flexibility index (Phi) is 10.3. The Hall–Kier alpha value is -3.54. The van der Waals surface area contributed by atoms with Crippen LogP contribution in [0.25, 0.3) is 0 Å². The fourth-order valence-corrected chi connectivity index (χ4v) is 9.54. The number of ether oxygens (including phenoxy) is 1. The van der Waals surface area contributed by atoms with Crippen molar-refractivity contribution in [2.24, 2.45) is 11.3 Å². The summed E-state index contributed by atoms with van der Waals surface area (Å²) in [6.07, 6.45) is 4.21. The Morgan fingerprint density at radius 2 is 1.65 bits per heavy atom. The molecule has 14 heteroatoms. The van der Waals surface area contributed by atoms with Gasteiger partial charge >= 0.3 is 13.7 Å². The zero-order valence-electron chi connectivity index (χ0n) is 28.4. The van der Waals surface area contributed by atoms with Gasteiger partial charge in [-0.2, -0.15) is 0 Å². The third-order valence-corrected chi connectivity index (χ3v) is 12.5. The third kappa shape index (κ3) is 6.56. The lowest BCUT2D eigenvalue weighted by molar-refractivity contribution is -0.142. The highest BCUT2D eigenvalue weighted by Gasteiger charge is 2.68. The highest BCUT2D eigenvalue weighted by Crippen LogP contribution is 2.72. The first-order chi connectivity index (χ1) is 22.7. The number of amides is 5. The molecule has 48 heavy (non-hydrogen) atoms. The number of benzene rings is 1. The zero-order chi connectivity index (χ0) is 35.0. The molecule has 1 saturated heterocycles. The van der Waals surface area contributed by atoms with E-state index in [0.717, 1.165) is 30.6 Å². The molecule has 2 aliphatic heterocycles. The van der Waals surface area contributed by atoms with Crippen molar-refractivity contribution in [1.82, 2.24) is 20.4 Å². The van der Waals surface area contributed by atoms with Crippen molar-refractivity contribution in [1.29, 1.82) is 0 Å². The molecular weight excluding hydrogens is 639 g/mol. The largest absolute Gasteiger partial charge is 0.446 e. The molecule has 2 unspecified atom stereocenters. The van der Waals surface area contributed by atoms with Crippen molar-refractivity contribution in [2.75, 3.05) is 19.8 Å². The molecule has 2 saturated carbocycles. The summed E-state index contributed by atoms with van der Waals surface area (Å²) in [5.74, 6) is -2.66. The minimum absolute atomic E-state index is 0.0739. The fraction of sp³-hybridized carbons (Fsp3) is 0.618. The average Bonchev–Trinajstić information content (AvgIpc) is 3.32. The van der Waals surface area contributed by atoms with Crippen LogP contribution in [0.5, 0.6) is 0 Å². The van der Waals surface area contributed by atoms with Crippen molar-refractivity contribution < 1.29 is 42.3 Å².